The highest BCUT2D eigenvalue weighted by Gasteiger charge is 2.59. The molecule has 11 nitrogen and oxygen atoms in total. The summed E-state index contributed by atoms with van der Waals surface area (Å²) in [4.78, 5) is 51.3. The lowest BCUT2D eigenvalue weighted by atomic mass is 9.83. The lowest BCUT2D eigenvalue weighted by Gasteiger charge is -2.31. The van der Waals surface area contributed by atoms with Crippen LogP contribution in [0.25, 0.3) is 0 Å². The molecule has 3 heterocycles. The van der Waals surface area contributed by atoms with Gasteiger partial charge in [0.05, 0.1) is 18.0 Å². The van der Waals surface area contributed by atoms with Crippen LogP contribution in [-0.4, -0.2) is 75.1 Å². The van der Waals surface area contributed by atoms with Crippen LogP contribution in [0.3, 0.4) is 0 Å². The standard InChI is InChI=1S/C43H58N6O5/c1-42(2)37(53-40(54-42)32-19-11-5-12-20-32)21-22-43(27-34(43)31-17-9-4-10-18-31)48-39(51)36(26-33-28-44-29-45-33)46-38(50)35(25-30-15-7-3-8-16-30)47-41(52)49-23-13-6-14-24-49/h3,5,7-8,11-12,15-16,19-20,28-29,31,34-37,40H,4,6,9-10,13-14,17-18,21-27H2,1-2H3,(H,44,45)(H,46,50)(H,47,52)(H,48,51)/t34?,35-,36-,37-,40?,43?/m0/s1. The van der Waals surface area contributed by atoms with Crippen LogP contribution in [0.15, 0.2) is 73.2 Å². The number of nitrogens with one attached hydrogen (secondary N) is 4. The summed E-state index contributed by atoms with van der Waals surface area (Å²) < 4.78 is 13.0. The molecule has 1 aromatic heterocycles. The molecular formula is C43H58N6O5. The summed E-state index contributed by atoms with van der Waals surface area (Å²) in [6.07, 6.45) is 14.7. The summed E-state index contributed by atoms with van der Waals surface area (Å²) in [5.74, 6) is 0.325. The second-order valence-corrected chi connectivity index (χ2v) is 16.6. The van der Waals surface area contributed by atoms with Gasteiger partial charge in [-0.1, -0.05) is 92.8 Å². The Hall–Kier alpha value is -4.22. The van der Waals surface area contributed by atoms with E-state index in [1.807, 2.05) is 60.7 Å². The van der Waals surface area contributed by atoms with Crippen molar-refractivity contribution in [2.45, 2.75) is 133 Å². The summed E-state index contributed by atoms with van der Waals surface area (Å²) in [6.45, 7) is 5.51. The molecule has 2 saturated carbocycles. The van der Waals surface area contributed by atoms with Crippen LogP contribution in [-0.2, 0) is 31.9 Å². The summed E-state index contributed by atoms with van der Waals surface area (Å²) in [5.41, 5.74) is 1.77. The fraction of sp³-hybridized carbons (Fsp3) is 0.581. The van der Waals surface area contributed by atoms with E-state index in [4.69, 9.17) is 9.47 Å². The van der Waals surface area contributed by atoms with Gasteiger partial charge in [0.1, 0.15) is 12.1 Å². The fourth-order valence-corrected chi connectivity index (χ4v) is 9.06. The van der Waals surface area contributed by atoms with Gasteiger partial charge in [0.25, 0.3) is 0 Å². The zero-order valence-corrected chi connectivity index (χ0v) is 31.9. The maximum atomic E-state index is 14.6. The number of ether oxygens (including phenoxy) is 2. The number of aromatic nitrogens is 2. The lowest BCUT2D eigenvalue weighted by molar-refractivity contribution is -0.130. The molecule has 3 aromatic rings. The van der Waals surface area contributed by atoms with Gasteiger partial charge in [-0.05, 0) is 69.8 Å². The van der Waals surface area contributed by atoms with Crippen LogP contribution in [0.1, 0.15) is 108 Å². The highest BCUT2D eigenvalue weighted by atomic mass is 16.7. The molecule has 0 radical (unpaired) electrons. The largest absolute Gasteiger partial charge is 0.349 e. The molecule has 2 aliphatic carbocycles. The predicted molar refractivity (Wildman–Crippen MR) is 206 cm³/mol. The van der Waals surface area contributed by atoms with E-state index in [0.29, 0.717) is 31.3 Å². The van der Waals surface area contributed by atoms with Crippen molar-refractivity contribution < 1.29 is 23.9 Å². The molecule has 11 heteroatoms. The Labute approximate surface area is 319 Å². The van der Waals surface area contributed by atoms with E-state index in [1.54, 1.807) is 17.4 Å². The molecule has 7 rings (SSSR count). The summed E-state index contributed by atoms with van der Waals surface area (Å²) in [7, 11) is 0. The predicted octanol–water partition coefficient (Wildman–Crippen LogP) is 6.37. The number of H-pyrrole nitrogens is 1. The van der Waals surface area contributed by atoms with E-state index in [-0.39, 0.29) is 30.4 Å². The second kappa shape index (κ2) is 17.1. The average molecular weight is 739 g/mol. The number of benzene rings is 2. The molecule has 0 bridgehead atoms. The Morgan fingerprint density at radius 3 is 2.26 bits per heavy atom. The van der Waals surface area contributed by atoms with Crippen LogP contribution in [0.4, 0.5) is 4.79 Å². The van der Waals surface area contributed by atoms with Crippen LogP contribution in [0.2, 0.25) is 0 Å². The van der Waals surface area contributed by atoms with Gasteiger partial charge >= 0.3 is 6.03 Å². The minimum Gasteiger partial charge on any atom is -0.349 e. The number of carbonyl (C=O) groups is 3. The summed E-state index contributed by atoms with van der Waals surface area (Å²) in [6, 6.07) is 17.7. The van der Waals surface area contributed by atoms with E-state index in [1.165, 1.54) is 32.1 Å². The number of urea groups is 1. The lowest BCUT2D eigenvalue weighted by Crippen LogP contribution is -2.58. The number of hydrogen-bond donors (Lipinski definition) is 4. The second-order valence-electron chi connectivity index (χ2n) is 16.6. The zero-order chi connectivity index (χ0) is 37.5. The van der Waals surface area contributed by atoms with Gasteiger partial charge in [-0.2, -0.15) is 0 Å². The van der Waals surface area contributed by atoms with E-state index in [0.717, 1.165) is 55.3 Å². The monoisotopic (exact) mass is 738 g/mol. The first-order chi connectivity index (χ1) is 26.2. The minimum absolute atomic E-state index is 0.146. The third kappa shape index (κ3) is 9.34. The van der Waals surface area contributed by atoms with Crippen molar-refractivity contribution in [3.8, 4) is 0 Å². The first kappa shape index (κ1) is 38.1. The van der Waals surface area contributed by atoms with Crippen molar-refractivity contribution in [3.05, 3.63) is 90.0 Å². The van der Waals surface area contributed by atoms with Crippen molar-refractivity contribution in [2.75, 3.05) is 13.1 Å². The number of nitrogens with zero attached hydrogens (tertiary/aromatic N) is 2. The highest BCUT2D eigenvalue weighted by Crippen LogP contribution is 2.56. The van der Waals surface area contributed by atoms with E-state index in [9.17, 15) is 14.4 Å². The quantitative estimate of drug-likeness (QED) is 0.152. The van der Waals surface area contributed by atoms with Crippen LogP contribution in [0, 0.1) is 11.8 Å². The molecule has 0 spiro atoms. The maximum absolute atomic E-state index is 14.6. The Morgan fingerprint density at radius 1 is 0.870 bits per heavy atom. The van der Waals surface area contributed by atoms with Gasteiger partial charge in [-0.25, -0.2) is 9.78 Å². The molecule has 6 atom stereocenters. The Kier molecular flexibility index (Phi) is 12.0. The Bertz CT molecular complexity index is 1670. The first-order valence-corrected chi connectivity index (χ1v) is 20.3. The molecule has 4 aliphatic rings. The van der Waals surface area contributed by atoms with E-state index < -0.39 is 29.5 Å². The highest BCUT2D eigenvalue weighted by molar-refractivity contribution is 5.92. The summed E-state index contributed by atoms with van der Waals surface area (Å²) >= 11 is 0. The number of carbonyl (C=O) groups excluding carboxylic acids is 3. The van der Waals surface area contributed by atoms with Crippen LogP contribution < -0.4 is 16.0 Å². The van der Waals surface area contributed by atoms with Crippen LogP contribution >= 0.6 is 0 Å². The topological polar surface area (TPSA) is 138 Å². The smallest absolute Gasteiger partial charge is 0.318 e. The zero-order valence-electron chi connectivity index (χ0n) is 31.9. The molecule has 2 aliphatic heterocycles. The average Bonchev–Trinajstić information content (AvgIpc) is 3.47. The molecule has 3 unspecified atom stereocenters. The fourth-order valence-electron chi connectivity index (χ4n) is 9.06. The van der Waals surface area contributed by atoms with Crippen molar-refractivity contribution in [1.82, 2.24) is 30.8 Å². The van der Waals surface area contributed by atoms with Gasteiger partial charge in [-0.15, -0.1) is 0 Å². The number of rotatable bonds is 14. The number of likely N-dealkylation sites (tertiary alicyclic amines) is 1. The number of amides is 4. The molecular weight excluding hydrogens is 681 g/mol. The molecule has 4 fully saturated rings. The van der Waals surface area contributed by atoms with Gasteiger partial charge < -0.3 is 35.3 Å². The van der Waals surface area contributed by atoms with Gasteiger partial charge in [0.2, 0.25) is 11.8 Å². The molecule has 2 aromatic carbocycles. The normalized spacial score (nSPS) is 26.4. The maximum Gasteiger partial charge on any atom is 0.318 e. The molecule has 2 saturated heterocycles. The Balaban J connectivity index is 1.08. The van der Waals surface area contributed by atoms with Crippen molar-refractivity contribution >= 4 is 17.8 Å². The van der Waals surface area contributed by atoms with Gasteiger partial charge in [0.15, 0.2) is 6.29 Å². The van der Waals surface area contributed by atoms with Gasteiger partial charge in [0, 0.05) is 48.9 Å². The third-order valence-electron chi connectivity index (χ3n) is 12.3. The molecule has 4 N–H and O–H groups in total. The third-order valence-corrected chi connectivity index (χ3v) is 12.3. The van der Waals surface area contributed by atoms with Crippen molar-refractivity contribution in [3.63, 3.8) is 0 Å². The first-order valence-electron chi connectivity index (χ1n) is 20.3. The van der Waals surface area contributed by atoms with Crippen molar-refractivity contribution in [1.29, 1.82) is 0 Å². The van der Waals surface area contributed by atoms with Gasteiger partial charge in [-0.3, -0.25) is 9.59 Å². The number of aromatic amines is 1. The minimum atomic E-state index is -0.877. The number of imidazole rings is 1. The molecule has 290 valence electrons. The SMILES string of the molecule is CC1(C)OC(c2ccccc2)O[C@H]1CCC1(NC(=O)[C@H](Cc2cnc[nH]2)NC(=O)[C@H](Cc2ccccc2)NC(=O)N2CCCCC2)CC1C1CCCCC1. The Morgan fingerprint density at radius 2 is 1.56 bits per heavy atom. The van der Waals surface area contributed by atoms with E-state index >= 15 is 0 Å². The molecule has 54 heavy (non-hydrogen) atoms. The number of hydrogen-bond acceptors (Lipinski definition) is 6. The van der Waals surface area contributed by atoms with Crippen LogP contribution in [0.5, 0.6) is 0 Å². The van der Waals surface area contributed by atoms with Crippen molar-refractivity contribution in [2.24, 2.45) is 11.8 Å². The summed E-state index contributed by atoms with van der Waals surface area (Å²) in [5, 5.41) is 9.63. The number of piperidine rings is 1. The molecule has 4 amide bonds. The van der Waals surface area contributed by atoms with E-state index in [2.05, 4.69) is 39.8 Å².